The van der Waals surface area contributed by atoms with Crippen molar-refractivity contribution < 1.29 is 9.59 Å². The number of carbonyl (C=O) groups excluding carboxylic acids is 2. The average Bonchev–Trinajstić information content (AvgIpc) is 2.63. The third-order valence-electron chi connectivity index (χ3n) is 4.32. The van der Waals surface area contributed by atoms with Crippen molar-refractivity contribution in [3.05, 3.63) is 82.0 Å². The fraction of sp³-hybridized carbons (Fsp3) is 0.136. The molecule has 5 nitrogen and oxygen atoms in total. The molecule has 0 aliphatic carbocycles. The lowest BCUT2D eigenvalue weighted by Gasteiger charge is -2.13. The topological polar surface area (TPSA) is 71.1 Å². The first kappa shape index (κ1) is 19.6. The number of pyridine rings is 1. The van der Waals surface area contributed by atoms with E-state index in [-0.39, 0.29) is 10.6 Å². The summed E-state index contributed by atoms with van der Waals surface area (Å²) >= 11 is 5.98. The third-order valence-corrected chi connectivity index (χ3v) is 4.65. The monoisotopic (exact) mass is 393 g/mol. The predicted octanol–water partition coefficient (Wildman–Crippen LogP) is 5.29. The Morgan fingerprint density at radius 1 is 0.964 bits per heavy atom. The lowest BCUT2D eigenvalue weighted by molar-refractivity contribution is 0.0967. The van der Waals surface area contributed by atoms with Gasteiger partial charge in [0.05, 0.1) is 10.6 Å². The van der Waals surface area contributed by atoms with E-state index in [2.05, 4.69) is 27.8 Å². The second-order valence-electron chi connectivity index (χ2n) is 6.54. The molecule has 0 saturated heterocycles. The van der Waals surface area contributed by atoms with Crippen molar-refractivity contribution in [1.29, 1.82) is 0 Å². The number of amides is 3. The maximum atomic E-state index is 12.2. The van der Waals surface area contributed by atoms with Crippen molar-refractivity contribution in [3.63, 3.8) is 0 Å². The molecule has 2 aromatic carbocycles. The molecular formula is C22H20ClN3O2. The van der Waals surface area contributed by atoms with Crippen LogP contribution in [0.15, 0.2) is 54.6 Å². The predicted molar refractivity (Wildman–Crippen MR) is 112 cm³/mol. The second-order valence-corrected chi connectivity index (χ2v) is 6.95. The minimum Gasteiger partial charge on any atom is -0.292 e. The average molecular weight is 394 g/mol. The van der Waals surface area contributed by atoms with Gasteiger partial charge >= 0.3 is 6.03 Å². The summed E-state index contributed by atoms with van der Waals surface area (Å²) in [6.07, 6.45) is 0. The first-order chi connectivity index (χ1) is 13.3. The van der Waals surface area contributed by atoms with Crippen LogP contribution in [0.2, 0.25) is 5.02 Å². The van der Waals surface area contributed by atoms with Gasteiger partial charge in [0, 0.05) is 11.3 Å². The van der Waals surface area contributed by atoms with Crippen LogP contribution >= 0.6 is 11.6 Å². The zero-order valence-electron chi connectivity index (χ0n) is 15.8. The van der Waals surface area contributed by atoms with Gasteiger partial charge in [-0.1, -0.05) is 53.6 Å². The first-order valence-electron chi connectivity index (χ1n) is 8.77. The molecule has 0 radical (unpaired) electrons. The van der Waals surface area contributed by atoms with Crippen LogP contribution in [0.1, 0.15) is 27.2 Å². The molecule has 1 heterocycles. The highest BCUT2D eigenvalue weighted by atomic mass is 35.5. The van der Waals surface area contributed by atoms with E-state index >= 15 is 0 Å². The summed E-state index contributed by atoms with van der Waals surface area (Å²) in [6.45, 7) is 5.89. The van der Waals surface area contributed by atoms with Gasteiger partial charge in [-0.15, -0.1) is 0 Å². The van der Waals surface area contributed by atoms with Gasteiger partial charge in [0.25, 0.3) is 5.91 Å². The number of aryl methyl sites for hydroxylation is 3. The summed E-state index contributed by atoms with van der Waals surface area (Å²) in [5.41, 5.74) is 5.27. The van der Waals surface area contributed by atoms with Crippen LogP contribution < -0.4 is 10.6 Å². The van der Waals surface area contributed by atoms with Gasteiger partial charge < -0.3 is 0 Å². The maximum absolute atomic E-state index is 12.2. The summed E-state index contributed by atoms with van der Waals surface area (Å²) < 4.78 is 0. The fourth-order valence-electron chi connectivity index (χ4n) is 3.02. The number of nitrogens with one attached hydrogen (secondary N) is 2. The van der Waals surface area contributed by atoms with Crippen molar-refractivity contribution in [2.45, 2.75) is 20.8 Å². The Bertz CT molecular complexity index is 1020. The van der Waals surface area contributed by atoms with Crippen molar-refractivity contribution in [1.82, 2.24) is 10.3 Å². The van der Waals surface area contributed by atoms with Crippen LogP contribution in [0, 0.1) is 20.8 Å². The summed E-state index contributed by atoms with van der Waals surface area (Å²) in [5, 5.41) is 5.15. The lowest BCUT2D eigenvalue weighted by Crippen LogP contribution is -2.34. The number of hydrogen-bond donors (Lipinski definition) is 2. The normalized spacial score (nSPS) is 10.4. The summed E-state index contributed by atoms with van der Waals surface area (Å²) in [5.74, 6) is -0.205. The van der Waals surface area contributed by atoms with E-state index in [1.165, 1.54) is 5.56 Å². The zero-order chi connectivity index (χ0) is 20.3. The molecule has 1 aromatic heterocycles. The number of halogens is 1. The van der Waals surface area contributed by atoms with Crippen molar-refractivity contribution in [3.8, 4) is 11.1 Å². The highest BCUT2D eigenvalue weighted by Gasteiger charge is 2.15. The summed E-state index contributed by atoms with van der Waals surface area (Å²) in [7, 11) is 0. The molecule has 6 heteroatoms. The van der Waals surface area contributed by atoms with Gasteiger partial charge in [0.15, 0.2) is 0 Å². The van der Waals surface area contributed by atoms with Crippen LogP contribution in [0.25, 0.3) is 11.1 Å². The van der Waals surface area contributed by atoms with Gasteiger partial charge in [0.1, 0.15) is 5.82 Å². The molecule has 0 spiro atoms. The van der Waals surface area contributed by atoms with Gasteiger partial charge in [-0.2, -0.15) is 0 Å². The third kappa shape index (κ3) is 4.38. The number of anilines is 1. The maximum Gasteiger partial charge on any atom is 0.327 e. The van der Waals surface area contributed by atoms with Gasteiger partial charge in [0.2, 0.25) is 0 Å². The van der Waals surface area contributed by atoms with E-state index in [9.17, 15) is 9.59 Å². The molecule has 3 amide bonds. The molecule has 142 valence electrons. The van der Waals surface area contributed by atoms with E-state index in [0.717, 1.165) is 22.4 Å². The molecule has 0 aliphatic heterocycles. The Morgan fingerprint density at radius 3 is 2.29 bits per heavy atom. The van der Waals surface area contributed by atoms with Crippen LogP contribution in [0.5, 0.6) is 0 Å². The van der Waals surface area contributed by atoms with E-state index in [1.807, 2.05) is 32.9 Å². The smallest absolute Gasteiger partial charge is 0.292 e. The molecule has 0 saturated carbocycles. The number of hydrogen-bond acceptors (Lipinski definition) is 3. The van der Waals surface area contributed by atoms with Gasteiger partial charge in [-0.05, 0) is 50.1 Å². The highest BCUT2D eigenvalue weighted by Crippen LogP contribution is 2.28. The van der Waals surface area contributed by atoms with Crippen molar-refractivity contribution in [2.75, 3.05) is 5.32 Å². The minimum absolute atomic E-state index is 0.231. The molecular weight excluding hydrogens is 374 g/mol. The molecule has 2 N–H and O–H groups in total. The number of urea groups is 1. The van der Waals surface area contributed by atoms with E-state index < -0.39 is 11.9 Å². The lowest BCUT2D eigenvalue weighted by atomic mass is 9.98. The van der Waals surface area contributed by atoms with E-state index in [1.54, 1.807) is 30.3 Å². The van der Waals surface area contributed by atoms with Crippen LogP contribution in [-0.4, -0.2) is 16.9 Å². The molecule has 0 fully saturated rings. The summed E-state index contributed by atoms with van der Waals surface area (Å²) in [6, 6.07) is 15.8. The number of benzene rings is 2. The first-order valence-corrected chi connectivity index (χ1v) is 9.15. The highest BCUT2D eigenvalue weighted by molar-refractivity contribution is 6.34. The van der Waals surface area contributed by atoms with E-state index in [4.69, 9.17) is 11.6 Å². The Balaban J connectivity index is 1.76. The molecule has 28 heavy (non-hydrogen) atoms. The number of nitrogens with zero attached hydrogens (tertiary/aromatic N) is 1. The molecule has 0 atom stereocenters. The molecule has 3 rings (SSSR count). The van der Waals surface area contributed by atoms with Crippen LogP contribution in [0.3, 0.4) is 0 Å². The SMILES string of the molecule is Cc1ccc(-c2c(C)cc(NC(=O)NC(=O)c3ccccc3Cl)nc2C)cc1. The summed E-state index contributed by atoms with van der Waals surface area (Å²) in [4.78, 5) is 28.8. The second kappa shape index (κ2) is 8.23. The molecule has 0 unspecified atom stereocenters. The number of aromatic nitrogens is 1. The molecule has 0 aliphatic rings. The van der Waals surface area contributed by atoms with Crippen LogP contribution in [-0.2, 0) is 0 Å². The Kier molecular flexibility index (Phi) is 5.76. The number of rotatable bonds is 3. The van der Waals surface area contributed by atoms with E-state index in [0.29, 0.717) is 5.82 Å². The Labute approximate surface area is 168 Å². The van der Waals surface area contributed by atoms with Crippen LogP contribution in [0.4, 0.5) is 10.6 Å². The van der Waals surface area contributed by atoms with Gasteiger partial charge in [-0.25, -0.2) is 9.78 Å². The fourth-order valence-corrected chi connectivity index (χ4v) is 3.24. The standard InChI is InChI=1S/C22H20ClN3O2/c1-13-8-10-16(11-9-13)20-14(2)12-19(24-15(20)3)25-22(28)26-21(27)17-6-4-5-7-18(17)23/h4-12H,1-3H3,(H2,24,25,26,27,28). The van der Waals surface area contributed by atoms with Crippen molar-refractivity contribution >= 4 is 29.4 Å². The molecule has 0 bridgehead atoms. The number of imide groups is 1. The van der Waals surface area contributed by atoms with Gasteiger partial charge in [-0.3, -0.25) is 15.4 Å². The Hall–Kier alpha value is -3.18. The Morgan fingerprint density at radius 2 is 1.64 bits per heavy atom. The van der Waals surface area contributed by atoms with Crippen molar-refractivity contribution in [2.24, 2.45) is 0 Å². The quantitative estimate of drug-likeness (QED) is 0.635. The zero-order valence-corrected chi connectivity index (χ0v) is 16.6. The molecule has 3 aromatic rings. The largest absolute Gasteiger partial charge is 0.327 e. The number of carbonyl (C=O) groups is 2. The minimum atomic E-state index is -0.667.